The number of aliphatic hydroxyl groups is 1. The van der Waals surface area contributed by atoms with Gasteiger partial charge < -0.3 is 5.11 Å². The van der Waals surface area contributed by atoms with Crippen molar-refractivity contribution in [2.24, 2.45) is 5.41 Å². The zero-order valence-corrected chi connectivity index (χ0v) is 11.9. The second-order valence-corrected chi connectivity index (χ2v) is 9.74. The molecular weight excluding hydrogens is 292 g/mol. The first kappa shape index (κ1) is 14.7. The van der Waals surface area contributed by atoms with Crippen molar-refractivity contribution >= 4 is 37.4 Å². The Labute approximate surface area is 98.9 Å². The molecule has 3 nitrogen and oxygen atoms in total. The summed E-state index contributed by atoms with van der Waals surface area (Å²) >= 11 is 8.73. The Balaban J connectivity index is 5.18. The van der Waals surface area contributed by atoms with Crippen LogP contribution in [0.15, 0.2) is 0 Å². The third-order valence-corrected chi connectivity index (χ3v) is 6.57. The van der Waals surface area contributed by atoms with Crippen LogP contribution in [0.1, 0.15) is 27.7 Å². The molecule has 14 heavy (non-hydrogen) atoms. The zero-order chi connectivity index (χ0) is 11.8. The van der Waals surface area contributed by atoms with E-state index in [1.165, 1.54) is 6.92 Å². The smallest absolute Gasteiger partial charge is 0.225 e. The van der Waals surface area contributed by atoms with Crippen molar-refractivity contribution in [2.75, 3.05) is 5.75 Å². The van der Waals surface area contributed by atoms with Gasteiger partial charge in [0.15, 0.2) is 9.84 Å². The van der Waals surface area contributed by atoms with Crippen molar-refractivity contribution in [3.8, 4) is 0 Å². The topological polar surface area (TPSA) is 54.4 Å². The van der Waals surface area contributed by atoms with E-state index >= 15 is 0 Å². The fraction of sp³-hybridized carbons (Fsp3) is 1.00. The molecule has 0 fully saturated rings. The van der Waals surface area contributed by atoms with Crippen molar-refractivity contribution in [3.63, 3.8) is 0 Å². The molecule has 86 valence electrons. The van der Waals surface area contributed by atoms with Crippen LogP contribution >= 0.6 is 27.5 Å². The minimum Gasteiger partial charge on any atom is -0.389 e. The highest BCUT2D eigenvalue weighted by molar-refractivity contribution is 9.12. The summed E-state index contributed by atoms with van der Waals surface area (Å²) in [4.78, 5) is 0. The molecule has 0 bridgehead atoms. The standard InChI is InChI=1S/C8H16BrClO3S/c1-5-14(12,13)8(9,10)6(11)7(2,3)4/h6,11H,5H2,1-4H3/t6-,8+/m0/s1. The highest BCUT2D eigenvalue weighted by Crippen LogP contribution is 2.41. The molecule has 0 aromatic carbocycles. The summed E-state index contributed by atoms with van der Waals surface area (Å²) in [6, 6.07) is 0. The average Bonchev–Trinajstić information content (AvgIpc) is 2.01. The van der Waals surface area contributed by atoms with Gasteiger partial charge in [-0.05, 0) is 21.3 Å². The monoisotopic (exact) mass is 306 g/mol. The number of hydrogen-bond acceptors (Lipinski definition) is 3. The van der Waals surface area contributed by atoms with E-state index < -0.39 is 24.5 Å². The normalized spacial score (nSPS) is 20.2. The second kappa shape index (κ2) is 4.28. The molecule has 0 aliphatic heterocycles. The molecule has 0 spiro atoms. The molecule has 2 atom stereocenters. The van der Waals surface area contributed by atoms with E-state index in [2.05, 4.69) is 15.9 Å². The number of alkyl halides is 2. The third kappa shape index (κ3) is 2.84. The minimum absolute atomic E-state index is 0.116. The van der Waals surface area contributed by atoms with Crippen LogP contribution in [0.5, 0.6) is 0 Å². The molecule has 0 aliphatic rings. The van der Waals surface area contributed by atoms with Gasteiger partial charge >= 0.3 is 0 Å². The van der Waals surface area contributed by atoms with Crippen LogP contribution in [0.2, 0.25) is 0 Å². The summed E-state index contributed by atoms with van der Waals surface area (Å²) in [5.41, 5.74) is -0.604. The average molecular weight is 308 g/mol. The summed E-state index contributed by atoms with van der Waals surface area (Å²) in [6.45, 7) is 6.66. The van der Waals surface area contributed by atoms with Gasteiger partial charge in [0.2, 0.25) is 3.12 Å². The lowest BCUT2D eigenvalue weighted by Crippen LogP contribution is -2.46. The highest BCUT2D eigenvalue weighted by Gasteiger charge is 2.49. The number of aliphatic hydroxyl groups excluding tert-OH is 1. The van der Waals surface area contributed by atoms with Gasteiger partial charge in [-0.25, -0.2) is 8.42 Å². The Morgan fingerprint density at radius 1 is 1.43 bits per heavy atom. The van der Waals surface area contributed by atoms with Gasteiger partial charge in [-0.2, -0.15) is 0 Å². The minimum atomic E-state index is -3.55. The van der Waals surface area contributed by atoms with E-state index in [9.17, 15) is 13.5 Å². The lowest BCUT2D eigenvalue weighted by molar-refractivity contribution is 0.0692. The first-order valence-corrected chi connectivity index (χ1v) is 7.07. The summed E-state index contributed by atoms with van der Waals surface area (Å²) in [7, 11) is -3.55. The van der Waals surface area contributed by atoms with Gasteiger partial charge in [0.05, 0.1) is 5.75 Å². The van der Waals surface area contributed by atoms with E-state index in [0.717, 1.165) is 0 Å². The zero-order valence-electron chi connectivity index (χ0n) is 8.71. The molecule has 0 aromatic rings. The molecule has 0 radical (unpaired) electrons. The Kier molecular flexibility index (Phi) is 4.48. The first-order valence-electron chi connectivity index (χ1n) is 4.25. The van der Waals surface area contributed by atoms with Gasteiger partial charge in [-0.1, -0.05) is 39.3 Å². The van der Waals surface area contributed by atoms with Crippen LogP contribution in [0.25, 0.3) is 0 Å². The SMILES string of the molecule is CCS(=O)(=O)[C@@](Cl)(Br)[C@@H](O)C(C)(C)C. The fourth-order valence-corrected chi connectivity index (χ4v) is 3.97. The Hall–Kier alpha value is 0.680. The van der Waals surface area contributed by atoms with Gasteiger partial charge in [0, 0.05) is 0 Å². The number of sulfone groups is 1. The Morgan fingerprint density at radius 2 is 1.79 bits per heavy atom. The molecule has 0 aliphatic carbocycles. The second-order valence-electron chi connectivity index (χ2n) is 4.23. The van der Waals surface area contributed by atoms with Gasteiger partial charge in [-0.15, -0.1) is 0 Å². The first-order chi connectivity index (χ1) is 5.97. The van der Waals surface area contributed by atoms with Crippen LogP contribution in [0, 0.1) is 5.41 Å². The molecule has 1 N–H and O–H groups in total. The van der Waals surface area contributed by atoms with Crippen LogP contribution < -0.4 is 0 Å². The number of hydrogen-bond donors (Lipinski definition) is 1. The molecule has 0 amide bonds. The summed E-state index contributed by atoms with van der Waals surface area (Å²) in [5.74, 6) is -0.116. The van der Waals surface area contributed by atoms with Gasteiger partial charge in [-0.3, -0.25) is 0 Å². The predicted molar refractivity (Wildman–Crippen MR) is 62.4 cm³/mol. The van der Waals surface area contributed by atoms with Crippen LogP contribution in [0.3, 0.4) is 0 Å². The third-order valence-electron chi connectivity index (χ3n) is 1.93. The highest BCUT2D eigenvalue weighted by atomic mass is 79.9. The van der Waals surface area contributed by atoms with Crippen molar-refractivity contribution in [1.29, 1.82) is 0 Å². The van der Waals surface area contributed by atoms with Gasteiger partial charge in [0.1, 0.15) is 6.10 Å². The quantitative estimate of drug-likeness (QED) is 0.813. The lowest BCUT2D eigenvalue weighted by Gasteiger charge is -2.34. The van der Waals surface area contributed by atoms with E-state index in [4.69, 9.17) is 11.6 Å². The fourth-order valence-electron chi connectivity index (χ4n) is 0.867. The van der Waals surface area contributed by atoms with Crippen molar-refractivity contribution in [3.05, 3.63) is 0 Å². The maximum atomic E-state index is 11.6. The predicted octanol–water partition coefficient (Wildman–Crippen LogP) is 2.12. The van der Waals surface area contributed by atoms with Crippen molar-refractivity contribution in [1.82, 2.24) is 0 Å². The molecule has 0 unspecified atom stereocenters. The van der Waals surface area contributed by atoms with Crippen LogP contribution in [-0.2, 0) is 9.84 Å². The maximum Gasteiger partial charge on any atom is 0.225 e. The van der Waals surface area contributed by atoms with Crippen LogP contribution in [0.4, 0.5) is 0 Å². The molecule has 0 rings (SSSR count). The van der Waals surface area contributed by atoms with Crippen LogP contribution in [-0.4, -0.2) is 28.5 Å². The van der Waals surface area contributed by atoms with E-state index in [1.54, 1.807) is 20.8 Å². The summed E-state index contributed by atoms with van der Waals surface area (Å²) in [5, 5.41) is 9.82. The molecule has 0 saturated heterocycles. The van der Waals surface area contributed by atoms with E-state index in [0.29, 0.717) is 0 Å². The van der Waals surface area contributed by atoms with Crippen molar-refractivity contribution in [2.45, 2.75) is 36.9 Å². The Bertz CT molecular complexity index is 292. The molecule has 0 saturated carbocycles. The summed E-state index contributed by atoms with van der Waals surface area (Å²) in [6.07, 6.45) is -1.18. The summed E-state index contributed by atoms with van der Waals surface area (Å²) < 4.78 is 21.3. The Morgan fingerprint density at radius 3 is 2.00 bits per heavy atom. The lowest BCUT2D eigenvalue weighted by atomic mass is 9.90. The maximum absolute atomic E-state index is 11.6. The molecule has 6 heteroatoms. The van der Waals surface area contributed by atoms with E-state index in [1.807, 2.05) is 0 Å². The molecule has 0 aromatic heterocycles. The van der Waals surface area contributed by atoms with E-state index in [-0.39, 0.29) is 5.75 Å². The van der Waals surface area contributed by atoms with Gasteiger partial charge in [0.25, 0.3) is 0 Å². The number of rotatable bonds is 3. The largest absolute Gasteiger partial charge is 0.389 e. The molecule has 0 heterocycles. The number of halogens is 2. The van der Waals surface area contributed by atoms with Crippen molar-refractivity contribution < 1.29 is 13.5 Å². The molecular formula is C8H16BrClO3S.